The molecule has 1 heterocycles. The van der Waals surface area contributed by atoms with Gasteiger partial charge in [-0.3, -0.25) is 9.78 Å². The third-order valence-electron chi connectivity index (χ3n) is 2.80. The molecule has 1 unspecified atom stereocenters. The minimum absolute atomic E-state index is 0.405. The highest BCUT2D eigenvalue weighted by atomic mass is 16.4. The van der Waals surface area contributed by atoms with Crippen molar-refractivity contribution in [3.63, 3.8) is 0 Å². The molecule has 1 N–H and O–H groups in total. The zero-order valence-electron chi connectivity index (χ0n) is 10.4. The number of carboxylic acids is 1. The van der Waals surface area contributed by atoms with Crippen LogP contribution in [0.4, 0.5) is 5.82 Å². The Balaban J connectivity index is 2.22. The Labute approximate surface area is 105 Å². The lowest BCUT2D eigenvalue weighted by Crippen LogP contribution is -2.29. The first kappa shape index (κ1) is 12.3. The lowest BCUT2D eigenvalue weighted by molar-refractivity contribution is -0.140. The molecule has 0 radical (unpaired) electrons. The Morgan fingerprint density at radius 2 is 2.06 bits per heavy atom. The van der Waals surface area contributed by atoms with E-state index in [-0.39, 0.29) is 0 Å². The summed E-state index contributed by atoms with van der Waals surface area (Å²) in [5, 5.41) is 8.89. The zero-order chi connectivity index (χ0) is 13.1. The van der Waals surface area contributed by atoms with Gasteiger partial charge in [0.1, 0.15) is 5.82 Å². The van der Waals surface area contributed by atoms with Gasteiger partial charge >= 0.3 is 5.97 Å². The molecule has 0 fully saturated rings. The van der Waals surface area contributed by atoms with E-state index in [2.05, 4.69) is 9.97 Å². The van der Waals surface area contributed by atoms with Crippen LogP contribution in [0.25, 0.3) is 11.0 Å². The van der Waals surface area contributed by atoms with Crippen LogP contribution in [-0.4, -0.2) is 34.6 Å². The first-order valence-corrected chi connectivity index (χ1v) is 5.73. The van der Waals surface area contributed by atoms with Gasteiger partial charge in [-0.05, 0) is 12.1 Å². The third-order valence-corrected chi connectivity index (χ3v) is 2.80. The van der Waals surface area contributed by atoms with Gasteiger partial charge in [0.25, 0.3) is 0 Å². The molecule has 1 aromatic heterocycles. The van der Waals surface area contributed by atoms with Gasteiger partial charge in [-0.2, -0.15) is 0 Å². The predicted molar refractivity (Wildman–Crippen MR) is 69.6 cm³/mol. The maximum atomic E-state index is 10.8. The highest BCUT2D eigenvalue weighted by Gasteiger charge is 2.15. The van der Waals surface area contributed by atoms with Crippen LogP contribution in [0.5, 0.6) is 0 Å². The largest absolute Gasteiger partial charge is 0.481 e. The minimum atomic E-state index is -0.810. The molecule has 18 heavy (non-hydrogen) atoms. The summed E-state index contributed by atoms with van der Waals surface area (Å²) in [4.78, 5) is 21.4. The average Bonchev–Trinajstić information content (AvgIpc) is 2.37. The fourth-order valence-corrected chi connectivity index (χ4v) is 1.71. The van der Waals surface area contributed by atoms with Gasteiger partial charge in [-0.25, -0.2) is 4.98 Å². The Morgan fingerprint density at radius 1 is 1.39 bits per heavy atom. The van der Waals surface area contributed by atoms with Crippen LogP contribution in [0, 0.1) is 5.92 Å². The number of hydrogen-bond donors (Lipinski definition) is 1. The molecule has 5 heteroatoms. The first-order chi connectivity index (χ1) is 8.58. The molecule has 0 aliphatic rings. The molecular formula is C13H15N3O2. The lowest BCUT2D eigenvalue weighted by atomic mass is 10.2. The average molecular weight is 245 g/mol. The van der Waals surface area contributed by atoms with Crippen molar-refractivity contribution in [1.29, 1.82) is 0 Å². The molecule has 0 aliphatic carbocycles. The van der Waals surface area contributed by atoms with Crippen molar-refractivity contribution >= 4 is 22.8 Å². The topological polar surface area (TPSA) is 66.3 Å². The summed E-state index contributed by atoms with van der Waals surface area (Å²) in [6, 6.07) is 7.60. The summed E-state index contributed by atoms with van der Waals surface area (Å²) in [5.74, 6) is -0.569. The van der Waals surface area contributed by atoms with E-state index < -0.39 is 11.9 Å². The molecular weight excluding hydrogens is 230 g/mol. The van der Waals surface area contributed by atoms with Gasteiger partial charge in [-0.1, -0.05) is 19.1 Å². The molecule has 1 atom stereocenters. The number of carboxylic acid groups (broad SMARTS) is 1. The molecule has 0 spiro atoms. The number of hydrogen-bond acceptors (Lipinski definition) is 4. The number of nitrogens with zero attached hydrogens (tertiary/aromatic N) is 3. The fourth-order valence-electron chi connectivity index (χ4n) is 1.71. The SMILES string of the molecule is CC(CN(C)c1cnc2ccccc2n1)C(=O)O. The number of anilines is 1. The van der Waals surface area contributed by atoms with Crippen LogP contribution in [0.15, 0.2) is 30.5 Å². The van der Waals surface area contributed by atoms with Gasteiger partial charge in [0.15, 0.2) is 0 Å². The summed E-state index contributed by atoms with van der Waals surface area (Å²) >= 11 is 0. The van der Waals surface area contributed by atoms with E-state index in [0.717, 1.165) is 11.0 Å². The highest BCUT2D eigenvalue weighted by molar-refractivity contribution is 5.75. The highest BCUT2D eigenvalue weighted by Crippen LogP contribution is 2.15. The van der Waals surface area contributed by atoms with Crippen LogP contribution in [0.3, 0.4) is 0 Å². The Bertz CT molecular complexity index is 571. The first-order valence-electron chi connectivity index (χ1n) is 5.73. The minimum Gasteiger partial charge on any atom is -0.481 e. The number of aliphatic carboxylic acids is 1. The molecule has 94 valence electrons. The van der Waals surface area contributed by atoms with E-state index in [4.69, 9.17) is 5.11 Å². The molecule has 0 amide bonds. The predicted octanol–water partition coefficient (Wildman–Crippen LogP) is 1.79. The summed E-state index contributed by atoms with van der Waals surface area (Å²) in [5.41, 5.74) is 1.64. The van der Waals surface area contributed by atoms with Crippen molar-refractivity contribution in [3.05, 3.63) is 30.5 Å². The zero-order valence-corrected chi connectivity index (χ0v) is 10.4. The number of benzene rings is 1. The van der Waals surface area contributed by atoms with Gasteiger partial charge in [-0.15, -0.1) is 0 Å². The Morgan fingerprint density at radius 3 is 2.72 bits per heavy atom. The van der Waals surface area contributed by atoms with Crippen LogP contribution in [0.1, 0.15) is 6.92 Å². The number of rotatable bonds is 4. The summed E-state index contributed by atoms with van der Waals surface area (Å²) in [6.45, 7) is 2.08. The second kappa shape index (κ2) is 5.00. The maximum Gasteiger partial charge on any atom is 0.308 e. The molecule has 2 aromatic rings. The summed E-state index contributed by atoms with van der Waals surface area (Å²) < 4.78 is 0. The quantitative estimate of drug-likeness (QED) is 0.889. The normalized spacial score (nSPS) is 12.3. The second-order valence-corrected chi connectivity index (χ2v) is 4.34. The Hall–Kier alpha value is -2.17. The molecule has 0 bridgehead atoms. The van der Waals surface area contributed by atoms with E-state index in [1.54, 1.807) is 18.0 Å². The maximum absolute atomic E-state index is 10.8. The van der Waals surface area contributed by atoms with Crippen LogP contribution >= 0.6 is 0 Å². The monoisotopic (exact) mass is 245 g/mol. The van der Waals surface area contributed by atoms with Gasteiger partial charge in [0, 0.05) is 13.6 Å². The summed E-state index contributed by atoms with van der Waals surface area (Å²) in [6.07, 6.45) is 1.66. The molecule has 0 aliphatic heterocycles. The smallest absolute Gasteiger partial charge is 0.308 e. The van der Waals surface area contributed by atoms with Crippen molar-refractivity contribution < 1.29 is 9.90 Å². The molecule has 0 saturated carbocycles. The van der Waals surface area contributed by atoms with E-state index in [1.165, 1.54) is 0 Å². The van der Waals surface area contributed by atoms with E-state index in [1.807, 2.05) is 31.3 Å². The summed E-state index contributed by atoms with van der Waals surface area (Å²) in [7, 11) is 1.82. The standard InChI is InChI=1S/C13H15N3O2/c1-9(13(17)18)8-16(2)12-7-14-10-5-3-4-6-11(10)15-12/h3-7,9H,8H2,1-2H3,(H,17,18). The fraction of sp³-hybridized carbons (Fsp3) is 0.308. The Kier molecular flexibility index (Phi) is 3.41. The van der Waals surface area contributed by atoms with Gasteiger partial charge < -0.3 is 10.0 Å². The van der Waals surface area contributed by atoms with Gasteiger partial charge in [0.2, 0.25) is 0 Å². The van der Waals surface area contributed by atoms with Crippen molar-refractivity contribution in [2.45, 2.75) is 6.92 Å². The van der Waals surface area contributed by atoms with Crippen molar-refractivity contribution in [3.8, 4) is 0 Å². The van der Waals surface area contributed by atoms with Crippen molar-refractivity contribution in [2.24, 2.45) is 5.92 Å². The second-order valence-electron chi connectivity index (χ2n) is 4.34. The van der Waals surface area contributed by atoms with E-state index >= 15 is 0 Å². The number of fused-ring (bicyclic) bond motifs is 1. The third kappa shape index (κ3) is 2.56. The number of carbonyl (C=O) groups is 1. The number of para-hydroxylation sites is 2. The lowest BCUT2D eigenvalue weighted by Gasteiger charge is -2.20. The van der Waals surface area contributed by atoms with Gasteiger partial charge in [0.05, 0.1) is 23.1 Å². The van der Waals surface area contributed by atoms with Crippen molar-refractivity contribution in [1.82, 2.24) is 9.97 Å². The van der Waals surface area contributed by atoms with Crippen LogP contribution < -0.4 is 4.90 Å². The molecule has 0 saturated heterocycles. The van der Waals surface area contributed by atoms with Crippen LogP contribution in [0.2, 0.25) is 0 Å². The van der Waals surface area contributed by atoms with Crippen LogP contribution in [-0.2, 0) is 4.79 Å². The molecule has 5 nitrogen and oxygen atoms in total. The van der Waals surface area contributed by atoms with Crippen molar-refractivity contribution in [2.75, 3.05) is 18.5 Å². The molecule has 2 rings (SSSR count). The van der Waals surface area contributed by atoms with E-state index in [9.17, 15) is 4.79 Å². The molecule has 1 aromatic carbocycles. The van der Waals surface area contributed by atoms with E-state index in [0.29, 0.717) is 12.4 Å². The number of aromatic nitrogens is 2.